The van der Waals surface area contributed by atoms with Gasteiger partial charge >= 0.3 is 6.18 Å². The third-order valence-electron chi connectivity index (χ3n) is 3.41. The maximum atomic E-state index is 13.3. The van der Waals surface area contributed by atoms with Crippen LogP contribution >= 0.6 is 0 Å². The summed E-state index contributed by atoms with van der Waals surface area (Å²) >= 11 is 0. The molecule has 3 rings (SSSR count). The van der Waals surface area contributed by atoms with Crippen molar-refractivity contribution in [2.75, 3.05) is 7.11 Å². The fraction of sp³-hybridized carbons (Fsp3) is 0.188. The molecule has 114 valence electrons. The van der Waals surface area contributed by atoms with Crippen molar-refractivity contribution < 1.29 is 17.9 Å². The number of aryl methyl sites for hydroxylation is 1. The third-order valence-corrected chi connectivity index (χ3v) is 3.41. The number of nitrogens with zero attached hydrogens (tertiary/aromatic N) is 2. The Morgan fingerprint density at radius 3 is 2.32 bits per heavy atom. The molecule has 0 N–H and O–H groups in total. The van der Waals surface area contributed by atoms with Crippen molar-refractivity contribution in [3.05, 3.63) is 53.9 Å². The van der Waals surface area contributed by atoms with E-state index in [9.17, 15) is 13.2 Å². The Balaban J connectivity index is 2.32. The Bertz CT molecular complexity index is 820. The lowest BCUT2D eigenvalue weighted by Gasteiger charge is -2.11. The molecule has 0 aliphatic heterocycles. The Morgan fingerprint density at radius 2 is 1.73 bits per heavy atom. The molecule has 0 atom stereocenters. The number of hydrogen-bond acceptors (Lipinski definition) is 2. The van der Waals surface area contributed by atoms with E-state index in [0.717, 1.165) is 10.1 Å². The Kier molecular flexibility index (Phi) is 3.31. The summed E-state index contributed by atoms with van der Waals surface area (Å²) in [5.41, 5.74) is 2.03. The zero-order valence-electron chi connectivity index (χ0n) is 12.0. The summed E-state index contributed by atoms with van der Waals surface area (Å²) in [6.07, 6.45) is -4.54. The second-order valence-corrected chi connectivity index (χ2v) is 4.96. The quantitative estimate of drug-likeness (QED) is 0.703. The van der Waals surface area contributed by atoms with E-state index < -0.39 is 12.0 Å². The summed E-state index contributed by atoms with van der Waals surface area (Å²) in [5.74, 6) is -0.477. The highest BCUT2D eigenvalue weighted by molar-refractivity contribution is 5.80. The molecule has 0 fully saturated rings. The number of halogens is 3. The van der Waals surface area contributed by atoms with Crippen molar-refractivity contribution >= 4 is 11.0 Å². The summed E-state index contributed by atoms with van der Waals surface area (Å²) < 4.78 is 46.1. The zero-order chi connectivity index (χ0) is 15.9. The van der Waals surface area contributed by atoms with E-state index in [2.05, 4.69) is 4.98 Å². The van der Waals surface area contributed by atoms with Crippen LogP contribution in [0.25, 0.3) is 16.7 Å². The number of rotatable bonds is 2. The van der Waals surface area contributed by atoms with Crippen LogP contribution < -0.4 is 4.74 Å². The minimum Gasteiger partial charge on any atom is -0.497 e. The summed E-state index contributed by atoms with van der Waals surface area (Å²) in [4.78, 5) is 3.75. The number of aromatic nitrogens is 2. The van der Waals surface area contributed by atoms with Gasteiger partial charge < -0.3 is 4.74 Å². The third kappa shape index (κ3) is 2.41. The lowest BCUT2D eigenvalue weighted by atomic mass is 10.2. The predicted molar refractivity (Wildman–Crippen MR) is 77.4 cm³/mol. The lowest BCUT2D eigenvalue weighted by molar-refractivity contribution is -0.145. The van der Waals surface area contributed by atoms with Gasteiger partial charge in [-0.25, -0.2) is 4.98 Å². The molecule has 2 aromatic carbocycles. The van der Waals surface area contributed by atoms with E-state index in [1.54, 1.807) is 36.4 Å². The Morgan fingerprint density at radius 1 is 1.05 bits per heavy atom. The fourth-order valence-electron chi connectivity index (χ4n) is 2.33. The van der Waals surface area contributed by atoms with Crippen LogP contribution in [-0.2, 0) is 6.18 Å². The number of fused-ring (bicyclic) bond motifs is 1. The van der Waals surface area contributed by atoms with Crippen molar-refractivity contribution in [1.29, 1.82) is 0 Å². The molecule has 0 bridgehead atoms. The lowest BCUT2D eigenvalue weighted by Crippen LogP contribution is -2.13. The van der Waals surface area contributed by atoms with E-state index in [0.29, 0.717) is 17.0 Å². The smallest absolute Gasteiger partial charge is 0.450 e. The van der Waals surface area contributed by atoms with Crippen LogP contribution in [0.15, 0.2) is 42.5 Å². The van der Waals surface area contributed by atoms with E-state index >= 15 is 0 Å². The van der Waals surface area contributed by atoms with Gasteiger partial charge in [-0.3, -0.25) is 4.57 Å². The second-order valence-electron chi connectivity index (χ2n) is 4.96. The monoisotopic (exact) mass is 306 g/mol. The van der Waals surface area contributed by atoms with Crippen LogP contribution in [0.1, 0.15) is 11.4 Å². The highest BCUT2D eigenvalue weighted by Gasteiger charge is 2.38. The van der Waals surface area contributed by atoms with Gasteiger partial charge in [0.15, 0.2) is 0 Å². The van der Waals surface area contributed by atoms with Crippen LogP contribution in [0.4, 0.5) is 13.2 Å². The molecule has 3 nitrogen and oxygen atoms in total. The van der Waals surface area contributed by atoms with Crippen molar-refractivity contribution in [1.82, 2.24) is 9.55 Å². The molecule has 0 spiro atoms. The van der Waals surface area contributed by atoms with Crippen LogP contribution in [-0.4, -0.2) is 16.7 Å². The maximum absolute atomic E-state index is 13.3. The van der Waals surface area contributed by atoms with Crippen molar-refractivity contribution in [2.45, 2.75) is 13.1 Å². The molecule has 0 aliphatic rings. The molecule has 22 heavy (non-hydrogen) atoms. The summed E-state index contributed by atoms with van der Waals surface area (Å²) in [6.45, 7) is 1.88. The van der Waals surface area contributed by atoms with E-state index in [4.69, 9.17) is 4.74 Å². The molecule has 0 aliphatic carbocycles. The van der Waals surface area contributed by atoms with Gasteiger partial charge in [0.2, 0.25) is 5.82 Å². The first-order valence-corrected chi connectivity index (χ1v) is 6.61. The van der Waals surface area contributed by atoms with E-state index in [1.807, 2.05) is 6.92 Å². The number of alkyl halides is 3. The van der Waals surface area contributed by atoms with Crippen LogP contribution in [0, 0.1) is 6.92 Å². The number of methoxy groups -OCH3 is 1. The largest absolute Gasteiger partial charge is 0.497 e. The molecule has 0 saturated carbocycles. The predicted octanol–water partition coefficient (Wildman–Crippen LogP) is 4.36. The molecule has 3 aromatic rings. The second kappa shape index (κ2) is 5.05. The minimum atomic E-state index is -4.54. The van der Waals surface area contributed by atoms with Gasteiger partial charge in [-0.2, -0.15) is 13.2 Å². The average Bonchev–Trinajstić information content (AvgIpc) is 2.86. The molecular formula is C16H13F3N2O. The van der Waals surface area contributed by atoms with Crippen LogP contribution in [0.2, 0.25) is 0 Å². The number of imidazole rings is 1. The van der Waals surface area contributed by atoms with Crippen LogP contribution in [0.3, 0.4) is 0 Å². The zero-order valence-corrected chi connectivity index (χ0v) is 12.0. The first-order chi connectivity index (χ1) is 10.4. The standard InChI is InChI=1S/C16H13F3N2O/c1-10-3-5-11(6-4-10)21-14-8-7-12(22-2)9-13(14)20-15(21)16(17,18)19/h3-9H,1-2H3. The molecule has 0 unspecified atom stereocenters. The summed E-state index contributed by atoms with van der Waals surface area (Å²) in [7, 11) is 1.46. The van der Waals surface area contributed by atoms with Gasteiger partial charge in [0.05, 0.1) is 18.1 Å². The van der Waals surface area contributed by atoms with Gasteiger partial charge in [-0.05, 0) is 31.2 Å². The molecular weight excluding hydrogens is 293 g/mol. The molecule has 0 amide bonds. The SMILES string of the molecule is COc1ccc2c(c1)nc(C(F)(F)F)n2-c1ccc(C)cc1. The number of hydrogen-bond donors (Lipinski definition) is 0. The van der Waals surface area contributed by atoms with Gasteiger partial charge in [0.1, 0.15) is 5.75 Å². The van der Waals surface area contributed by atoms with Gasteiger partial charge in [0.25, 0.3) is 0 Å². The van der Waals surface area contributed by atoms with Crippen molar-refractivity contribution in [2.24, 2.45) is 0 Å². The first-order valence-electron chi connectivity index (χ1n) is 6.61. The minimum absolute atomic E-state index is 0.243. The highest BCUT2D eigenvalue weighted by atomic mass is 19.4. The molecule has 0 saturated heterocycles. The van der Waals surface area contributed by atoms with Crippen molar-refractivity contribution in [3.63, 3.8) is 0 Å². The maximum Gasteiger partial charge on any atom is 0.450 e. The van der Waals surface area contributed by atoms with Gasteiger partial charge in [0, 0.05) is 11.8 Å². The van der Waals surface area contributed by atoms with Gasteiger partial charge in [-0.15, -0.1) is 0 Å². The normalized spacial score (nSPS) is 11.9. The fourth-order valence-corrected chi connectivity index (χ4v) is 2.33. The van der Waals surface area contributed by atoms with Gasteiger partial charge in [-0.1, -0.05) is 17.7 Å². The number of ether oxygens (including phenoxy) is 1. The molecule has 6 heteroatoms. The van der Waals surface area contributed by atoms with Crippen LogP contribution in [0.5, 0.6) is 5.75 Å². The van der Waals surface area contributed by atoms with Crippen molar-refractivity contribution in [3.8, 4) is 11.4 Å². The molecule has 0 radical (unpaired) electrons. The Labute approximate surface area is 125 Å². The highest BCUT2D eigenvalue weighted by Crippen LogP contribution is 2.34. The summed E-state index contributed by atoms with van der Waals surface area (Å²) in [6, 6.07) is 11.5. The molecule has 1 aromatic heterocycles. The topological polar surface area (TPSA) is 27.1 Å². The number of benzene rings is 2. The first kappa shape index (κ1) is 14.4. The van der Waals surface area contributed by atoms with E-state index in [1.165, 1.54) is 13.2 Å². The molecule has 1 heterocycles. The average molecular weight is 306 g/mol. The summed E-state index contributed by atoms with van der Waals surface area (Å²) in [5, 5.41) is 0. The Hall–Kier alpha value is -2.50. The van der Waals surface area contributed by atoms with E-state index in [-0.39, 0.29) is 5.52 Å².